The van der Waals surface area contributed by atoms with Gasteiger partial charge in [-0.25, -0.2) is 0 Å². The first-order valence-corrected chi connectivity index (χ1v) is 5.18. The molecule has 0 fully saturated rings. The fourth-order valence-electron chi connectivity index (χ4n) is 1.14. The van der Waals surface area contributed by atoms with Crippen molar-refractivity contribution < 1.29 is 22.6 Å². The number of nitriles is 1. The standard InChI is InChI=1S/C11H9ClF3NO2/c1-6(11(13,14)15)18-10-8(12)3-7(5-16)4-9(10)17-2/h3-4,6H,1-2H3. The Morgan fingerprint density at radius 2 is 2.00 bits per heavy atom. The summed E-state index contributed by atoms with van der Waals surface area (Å²) in [5, 5.41) is 8.59. The molecule has 1 unspecified atom stereocenters. The Bertz CT molecular complexity index is 482. The minimum absolute atomic E-state index is 0.0184. The highest BCUT2D eigenvalue weighted by Gasteiger charge is 2.39. The molecule has 1 aromatic carbocycles. The molecule has 0 radical (unpaired) electrons. The molecule has 3 nitrogen and oxygen atoms in total. The molecule has 0 aliphatic heterocycles. The predicted molar refractivity (Wildman–Crippen MR) is 58.9 cm³/mol. The summed E-state index contributed by atoms with van der Waals surface area (Å²) in [6.07, 6.45) is -6.54. The summed E-state index contributed by atoms with van der Waals surface area (Å²) < 4.78 is 46.8. The monoisotopic (exact) mass is 279 g/mol. The molecule has 0 bridgehead atoms. The lowest BCUT2D eigenvalue weighted by molar-refractivity contribution is -0.189. The molecule has 0 spiro atoms. The van der Waals surface area contributed by atoms with Crippen molar-refractivity contribution in [2.45, 2.75) is 19.2 Å². The number of hydrogen-bond donors (Lipinski definition) is 0. The van der Waals surface area contributed by atoms with Crippen molar-refractivity contribution in [2.24, 2.45) is 0 Å². The number of rotatable bonds is 3. The van der Waals surface area contributed by atoms with Gasteiger partial charge in [0.2, 0.25) is 0 Å². The summed E-state index contributed by atoms with van der Waals surface area (Å²) in [4.78, 5) is 0. The largest absolute Gasteiger partial charge is 0.493 e. The summed E-state index contributed by atoms with van der Waals surface area (Å²) >= 11 is 5.76. The van der Waals surface area contributed by atoms with E-state index in [0.717, 1.165) is 6.92 Å². The number of alkyl halides is 3. The third-order valence-electron chi connectivity index (χ3n) is 2.11. The van der Waals surface area contributed by atoms with Gasteiger partial charge in [0.1, 0.15) is 0 Å². The van der Waals surface area contributed by atoms with Crippen LogP contribution < -0.4 is 9.47 Å². The summed E-state index contributed by atoms with van der Waals surface area (Å²) in [7, 11) is 1.25. The Labute approximate surface area is 107 Å². The Balaban J connectivity index is 3.13. The van der Waals surface area contributed by atoms with Crippen LogP contribution in [0.3, 0.4) is 0 Å². The van der Waals surface area contributed by atoms with Crippen LogP contribution in [0.25, 0.3) is 0 Å². The van der Waals surface area contributed by atoms with E-state index < -0.39 is 12.3 Å². The van der Waals surface area contributed by atoms with Gasteiger partial charge in [-0.15, -0.1) is 0 Å². The van der Waals surface area contributed by atoms with Gasteiger partial charge in [-0.3, -0.25) is 0 Å². The Morgan fingerprint density at radius 1 is 1.39 bits per heavy atom. The number of hydrogen-bond acceptors (Lipinski definition) is 3. The van der Waals surface area contributed by atoms with Crippen LogP contribution in [0.1, 0.15) is 12.5 Å². The fraction of sp³-hybridized carbons (Fsp3) is 0.364. The Kier molecular flexibility index (Phi) is 4.30. The van der Waals surface area contributed by atoms with Gasteiger partial charge in [0.25, 0.3) is 0 Å². The lowest BCUT2D eigenvalue weighted by Gasteiger charge is -2.20. The van der Waals surface area contributed by atoms with Crippen LogP contribution in [-0.4, -0.2) is 19.4 Å². The third-order valence-corrected chi connectivity index (χ3v) is 2.39. The van der Waals surface area contributed by atoms with Gasteiger partial charge in [-0.2, -0.15) is 18.4 Å². The van der Waals surface area contributed by atoms with Crippen LogP contribution in [0, 0.1) is 11.3 Å². The molecule has 0 N–H and O–H groups in total. The summed E-state index contributed by atoms with van der Waals surface area (Å²) in [5.41, 5.74) is 0.170. The molecule has 0 heterocycles. The van der Waals surface area contributed by atoms with Crippen LogP contribution in [-0.2, 0) is 0 Å². The van der Waals surface area contributed by atoms with Crippen LogP contribution >= 0.6 is 11.6 Å². The van der Waals surface area contributed by atoms with Crippen molar-refractivity contribution in [3.8, 4) is 17.6 Å². The molecular formula is C11H9ClF3NO2. The second-order valence-electron chi connectivity index (χ2n) is 3.40. The molecule has 0 amide bonds. The van der Waals surface area contributed by atoms with E-state index in [1.807, 2.05) is 6.07 Å². The zero-order valence-electron chi connectivity index (χ0n) is 9.51. The van der Waals surface area contributed by atoms with Gasteiger partial charge >= 0.3 is 6.18 Å². The van der Waals surface area contributed by atoms with Crippen LogP contribution in [0.4, 0.5) is 13.2 Å². The van der Waals surface area contributed by atoms with E-state index in [4.69, 9.17) is 26.3 Å². The van der Waals surface area contributed by atoms with E-state index in [1.54, 1.807) is 0 Å². The van der Waals surface area contributed by atoms with Crippen molar-refractivity contribution in [2.75, 3.05) is 7.11 Å². The van der Waals surface area contributed by atoms with Crippen molar-refractivity contribution in [1.82, 2.24) is 0 Å². The van der Waals surface area contributed by atoms with Gasteiger partial charge in [0, 0.05) is 6.07 Å². The zero-order valence-corrected chi connectivity index (χ0v) is 10.3. The normalized spacial score (nSPS) is 12.7. The number of methoxy groups -OCH3 is 1. The predicted octanol–water partition coefficient (Wildman–Crippen LogP) is 3.55. The fourth-order valence-corrected chi connectivity index (χ4v) is 1.40. The molecule has 1 atom stereocenters. The van der Waals surface area contributed by atoms with E-state index >= 15 is 0 Å². The maximum absolute atomic E-state index is 12.4. The molecule has 0 aliphatic rings. The molecule has 18 heavy (non-hydrogen) atoms. The number of halogens is 4. The van der Waals surface area contributed by atoms with E-state index in [2.05, 4.69) is 0 Å². The maximum Gasteiger partial charge on any atom is 0.425 e. The van der Waals surface area contributed by atoms with Gasteiger partial charge < -0.3 is 9.47 Å². The molecule has 7 heteroatoms. The highest BCUT2D eigenvalue weighted by Crippen LogP contribution is 2.38. The van der Waals surface area contributed by atoms with Gasteiger partial charge in [0.15, 0.2) is 17.6 Å². The van der Waals surface area contributed by atoms with Crippen molar-refractivity contribution in [3.63, 3.8) is 0 Å². The van der Waals surface area contributed by atoms with Gasteiger partial charge in [0.05, 0.1) is 23.8 Å². The lowest BCUT2D eigenvalue weighted by atomic mass is 10.2. The average Bonchev–Trinajstić information content (AvgIpc) is 2.29. The quantitative estimate of drug-likeness (QED) is 0.850. The summed E-state index contributed by atoms with van der Waals surface area (Å²) in [5.74, 6) is -0.252. The minimum Gasteiger partial charge on any atom is -0.493 e. The molecule has 0 aromatic heterocycles. The second kappa shape index (κ2) is 5.36. The Morgan fingerprint density at radius 3 is 2.44 bits per heavy atom. The molecule has 0 saturated heterocycles. The van der Waals surface area contributed by atoms with E-state index in [1.165, 1.54) is 19.2 Å². The summed E-state index contributed by atoms with van der Waals surface area (Å²) in [6, 6.07) is 4.28. The second-order valence-corrected chi connectivity index (χ2v) is 3.81. The smallest absolute Gasteiger partial charge is 0.425 e. The minimum atomic E-state index is -4.51. The van der Waals surface area contributed by atoms with E-state index in [0.29, 0.717) is 0 Å². The van der Waals surface area contributed by atoms with Crippen LogP contribution in [0.15, 0.2) is 12.1 Å². The lowest BCUT2D eigenvalue weighted by Crippen LogP contribution is -2.31. The topological polar surface area (TPSA) is 42.2 Å². The molecular weight excluding hydrogens is 271 g/mol. The first-order valence-electron chi connectivity index (χ1n) is 4.80. The van der Waals surface area contributed by atoms with Crippen LogP contribution in [0.2, 0.25) is 5.02 Å². The number of benzene rings is 1. The molecule has 0 saturated carbocycles. The maximum atomic E-state index is 12.4. The average molecular weight is 280 g/mol. The molecule has 0 aliphatic carbocycles. The number of ether oxygens (including phenoxy) is 2. The van der Waals surface area contributed by atoms with Gasteiger partial charge in [-0.1, -0.05) is 11.6 Å². The Hall–Kier alpha value is -1.61. The highest BCUT2D eigenvalue weighted by molar-refractivity contribution is 6.32. The highest BCUT2D eigenvalue weighted by atomic mass is 35.5. The van der Waals surface area contributed by atoms with E-state index in [9.17, 15) is 13.2 Å². The first-order chi connectivity index (χ1) is 8.29. The molecule has 1 rings (SSSR count). The molecule has 98 valence electrons. The first kappa shape index (κ1) is 14.5. The SMILES string of the molecule is COc1cc(C#N)cc(Cl)c1OC(C)C(F)(F)F. The van der Waals surface area contributed by atoms with Crippen LogP contribution in [0.5, 0.6) is 11.5 Å². The van der Waals surface area contributed by atoms with E-state index in [-0.39, 0.29) is 22.1 Å². The van der Waals surface area contributed by atoms with Crippen molar-refractivity contribution in [3.05, 3.63) is 22.7 Å². The summed E-state index contributed by atoms with van der Waals surface area (Å²) in [6.45, 7) is 0.855. The molecule has 1 aromatic rings. The van der Waals surface area contributed by atoms with Gasteiger partial charge in [-0.05, 0) is 13.0 Å². The van der Waals surface area contributed by atoms with Crippen molar-refractivity contribution in [1.29, 1.82) is 5.26 Å². The van der Waals surface area contributed by atoms with Crippen molar-refractivity contribution >= 4 is 11.6 Å². The number of nitrogens with zero attached hydrogens (tertiary/aromatic N) is 1. The third kappa shape index (κ3) is 3.20. The zero-order chi connectivity index (χ0) is 13.9.